The molecule has 0 spiro atoms. The fourth-order valence-corrected chi connectivity index (χ4v) is 2.53. The predicted molar refractivity (Wildman–Crippen MR) is 87.2 cm³/mol. The predicted octanol–water partition coefficient (Wildman–Crippen LogP) is 1.96. The summed E-state index contributed by atoms with van der Waals surface area (Å²) in [6.07, 6.45) is 1.67. The summed E-state index contributed by atoms with van der Waals surface area (Å²) in [6, 6.07) is 5.17. The van der Waals surface area contributed by atoms with E-state index < -0.39 is 16.8 Å². The molecule has 0 bridgehead atoms. The Morgan fingerprint density at radius 2 is 2.17 bits per heavy atom. The lowest BCUT2D eigenvalue weighted by Crippen LogP contribution is -2.17. The minimum Gasteiger partial charge on any atom is -0.462 e. The quantitative estimate of drug-likeness (QED) is 0.375. The average Bonchev–Trinajstić information content (AvgIpc) is 2.91. The zero-order chi connectivity index (χ0) is 17.9. The van der Waals surface area contributed by atoms with E-state index in [1.54, 1.807) is 13.2 Å². The molecule has 1 aromatic heterocycles. The molecule has 0 aliphatic heterocycles. The summed E-state index contributed by atoms with van der Waals surface area (Å²) in [4.78, 5) is 34.7. The third-order valence-corrected chi connectivity index (χ3v) is 3.73. The number of nitro benzene ring substituents is 1. The van der Waals surface area contributed by atoms with Crippen molar-refractivity contribution in [3.05, 3.63) is 45.5 Å². The molecule has 0 radical (unpaired) electrons. The van der Waals surface area contributed by atoms with Gasteiger partial charge in [-0.15, -0.1) is 11.8 Å². The van der Waals surface area contributed by atoms with E-state index in [1.807, 2.05) is 0 Å². The third kappa shape index (κ3) is 3.23. The van der Waals surface area contributed by atoms with Crippen molar-refractivity contribution in [3.63, 3.8) is 0 Å². The van der Waals surface area contributed by atoms with E-state index in [0.29, 0.717) is 0 Å². The van der Waals surface area contributed by atoms with Crippen LogP contribution in [0.1, 0.15) is 27.6 Å². The van der Waals surface area contributed by atoms with Crippen LogP contribution in [-0.4, -0.2) is 39.4 Å². The van der Waals surface area contributed by atoms with Gasteiger partial charge in [0, 0.05) is 17.7 Å². The number of nitrogens with two attached hydrogens (primary N) is 1. The Hall–Kier alpha value is -2.88. The lowest BCUT2D eigenvalue weighted by molar-refractivity contribution is -0.384. The number of hydrogen-bond acceptors (Lipinski definition) is 8. The van der Waals surface area contributed by atoms with E-state index in [-0.39, 0.29) is 34.3 Å². The number of carbonyl (C=O) groups is 2. The molecule has 0 fully saturated rings. The van der Waals surface area contributed by atoms with Crippen LogP contribution in [0.25, 0.3) is 0 Å². The van der Waals surface area contributed by atoms with Gasteiger partial charge in [0.15, 0.2) is 0 Å². The Morgan fingerprint density at radius 3 is 2.75 bits per heavy atom. The molecule has 0 atom stereocenters. The summed E-state index contributed by atoms with van der Waals surface area (Å²) < 4.78 is 5.76. The minimum atomic E-state index is -0.683. The van der Waals surface area contributed by atoms with Crippen molar-refractivity contribution in [1.82, 2.24) is 9.78 Å². The zero-order valence-electron chi connectivity index (χ0n) is 12.9. The van der Waals surface area contributed by atoms with Crippen LogP contribution < -0.4 is 5.73 Å². The number of aromatic nitrogens is 2. The maximum Gasteiger partial charge on any atom is 0.344 e. The molecule has 0 saturated heterocycles. The molecule has 0 unspecified atom stereocenters. The molecule has 0 amide bonds. The number of nitro groups is 1. The minimum absolute atomic E-state index is 0.00290. The average molecular weight is 350 g/mol. The largest absolute Gasteiger partial charge is 0.462 e. The first kappa shape index (κ1) is 17.5. The summed E-state index contributed by atoms with van der Waals surface area (Å²) in [5.41, 5.74) is 5.68. The van der Waals surface area contributed by atoms with Crippen molar-refractivity contribution < 1.29 is 19.2 Å². The van der Waals surface area contributed by atoms with Gasteiger partial charge in [-0.3, -0.25) is 14.9 Å². The van der Waals surface area contributed by atoms with Gasteiger partial charge < -0.3 is 10.5 Å². The summed E-state index contributed by atoms with van der Waals surface area (Å²) in [5.74, 6) is -1.53. The monoisotopic (exact) mass is 350 g/mol. The number of thioether (sulfide) groups is 1. The maximum atomic E-state index is 12.5. The van der Waals surface area contributed by atoms with Crippen molar-refractivity contribution in [2.24, 2.45) is 0 Å². The highest BCUT2D eigenvalue weighted by Crippen LogP contribution is 2.26. The van der Waals surface area contributed by atoms with E-state index >= 15 is 0 Å². The molecular formula is C14H14N4O5S. The van der Waals surface area contributed by atoms with Crippen LogP contribution in [0.3, 0.4) is 0 Å². The SMILES string of the molecule is CCOC(=O)c1c(SC)nn(C(=O)c2cccc([N+](=O)[O-])c2)c1N. The van der Waals surface area contributed by atoms with Crippen LogP contribution in [0.2, 0.25) is 0 Å². The molecular weight excluding hydrogens is 336 g/mol. The number of anilines is 1. The number of esters is 1. The summed E-state index contributed by atoms with van der Waals surface area (Å²) in [7, 11) is 0. The van der Waals surface area contributed by atoms with Crippen LogP contribution in [0.15, 0.2) is 29.3 Å². The van der Waals surface area contributed by atoms with Crippen molar-refractivity contribution in [2.75, 3.05) is 18.6 Å². The normalized spacial score (nSPS) is 10.4. The second-order valence-electron chi connectivity index (χ2n) is 4.51. The zero-order valence-corrected chi connectivity index (χ0v) is 13.7. The van der Waals surface area contributed by atoms with Crippen LogP contribution in [0.5, 0.6) is 0 Å². The van der Waals surface area contributed by atoms with Gasteiger partial charge in [-0.05, 0) is 19.2 Å². The van der Waals surface area contributed by atoms with Gasteiger partial charge in [0.1, 0.15) is 16.4 Å². The van der Waals surface area contributed by atoms with Crippen molar-refractivity contribution in [3.8, 4) is 0 Å². The molecule has 126 valence electrons. The highest BCUT2D eigenvalue weighted by Gasteiger charge is 2.26. The number of non-ortho nitro benzene ring substituents is 1. The summed E-state index contributed by atoms with van der Waals surface area (Å²) in [5, 5.41) is 15.1. The second kappa shape index (κ2) is 7.13. The second-order valence-corrected chi connectivity index (χ2v) is 5.31. The Balaban J connectivity index is 2.49. The van der Waals surface area contributed by atoms with Gasteiger partial charge in [0.2, 0.25) is 0 Å². The summed E-state index contributed by atoms with van der Waals surface area (Å²) in [6.45, 7) is 1.79. The van der Waals surface area contributed by atoms with Gasteiger partial charge in [-0.25, -0.2) is 4.79 Å². The van der Waals surface area contributed by atoms with E-state index in [9.17, 15) is 19.7 Å². The van der Waals surface area contributed by atoms with Gasteiger partial charge in [-0.2, -0.15) is 9.78 Å². The van der Waals surface area contributed by atoms with Crippen LogP contribution in [-0.2, 0) is 4.74 Å². The van der Waals surface area contributed by atoms with E-state index in [4.69, 9.17) is 10.5 Å². The van der Waals surface area contributed by atoms with Crippen LogP contribution in [0, 0.1) is 10.1 Å². The number of carbonyl (C=O) groups excluding carboxylic acids is 2. The molecule has 2 rings (SSSR count). The topological polar surface area (TPSA) is 130 Å². The number of nitrogen functional groups attached to an aromatic ring is 1. The molecule has 0 aliphatic rings. The molecule has 1 aromatic carbocycles. The molecule has 0 saturated carbocycles. The van der Waals surface area contributed by atoms with E-state index in [2.05, 4.69) is 5.10 Å². The Kier molecular flexibility index (Phi) is 5.19. The number of nitrogens with zero attached hydrogens (tertiary/aromatic N) is 3. The van der Waals surface area contributed by atoms with Gasteiger partial charge >= 0.3 is 5.97 Å². The highest BCUT2D eigenvalue weighted by molar-refractivity contribution is 7.98. The van der Waals surface area contributed by atoms with Gasteiger partial charge in [0.05, 0.1) is 11.5 Å². The van der Waals surface area contributed by atoms with Crippen molar-refractivity contribution in [2.45, 2.75) is 11.9 Å². The Labute approximate surface area is 140 Å². The maximum absolute atomic E-state index is 12.5. The Morgan fingerprint density at radius 1 is 1.46 bits per heavy atom. The third-order valence-electron chi connectivity index (χ3n) is 3.06. The number of benzene rings is 1. The first-order valence-electron chi connectivity index (χ1n) is 6.79. The lowest BCUT2D eigenvalue weighted by Gasteiger charge is -2.04. The first-order chi connectivity index (χ1) is 11.4. The van der Waals surface area contributed by atoms with Crippen LogP contribution in [0.4, 0.5) is 11.5 Å². The summed E-state index contributed by atoms with van der Waals surface area (Å²) >= 11 is 1.13. The lowest BCUT2D eigenvalue weighted by atomic mass is 10.2. The smallest absolute Gasteiger partial charge is 0.344 e. The van der Waals surface area contributed by atoms with Crippen molar-refractivity contribution in [1.29, 1.82) is 0 Å². The fourth-order valence-electron chi connectivity index (χ4n) is 1.98. The van der Waals surface area contributed by atoms with E-state index in [1.165, 1.54) is 18.2 Å². The molecule has 1 heterocycles. The highest BCUT2D eigenvalue weighted by atomic mass is 32.2. The molecule has 0 aliphatic carbocycles. The standard InChI is InChI=1S/C14H14N4O5S/c1-3-23-14(20)10-11(15)17(16-12(10)24-2)13(19)8-5-4-6-9(7-8)18(21)22/h4-7H,3,15H2,1-2H3. The first-order valence-corrected chi connectivity index (χ1v) is 8.01. The van der Waals surface area contributed by atoms with Crippen LogP contribution >= 0.6 is 11.8 Å². The molecule has 10 heteroatoms. The van der Waals surface area contributed by atoms with E-state index in [0.717, 1.165) is 22.5 Å². The molecule has 24 heavy (non-hydrogen) atoms. The fraction of sp³-hybridized carbons (Fsp3) is 0.214. The van der Waals surface area contributed by atoms with Gasteiger partial charge in [0.25, 0.3) is 11.6 Å². The van der Waals surface area contributed by atoms with Gasteiger partial charge in [-0.1, -0.05) is 6.07 Å². The number of ether oxygens (including phenoxy) is 1. The molecule has 2 N–H and O–H groups in total. The Bertz CT molecular complexity index is 817. The molecule has 9 nitrogen and oxygen atoms in total. The van der Waals surface area contributed by atoms with Crippen molar-refractivity contribution >= 4 is 35.1 Å². The molecule has 2 aromatic rings. The number of hydrogen-bond donors (Lipinski definition) is 1. The number of rotatable bonds is 5.